The smallest absolute Gasteiger partial charge is 0.325 e. The zero-order valence-corrected chi connectivity index (χ0v) is 15.1. The molecule has 0 saturated carbocycles. The Kier molecular flexibility index (Phi) is 7.00. The van der Waals surface area contributed by atoms with Crippen LogP contribution in [0.1, 0.15) is 19.8 Å². The number of unbranched alkanes of at least 4 members (excludes halogenated alkanes) is 1. The maximum absolute atomic E-state index is 12.7. The largest absolute Gasteiger partial charge is 0.468 e. The molecule has 2 aromatic rings. The first-order valence-electron chi connectivity index (χ1n) is 8.02. The molecule has 7 nitrogen and oxygen atoms in total. The van der Waals surface area contributed by atoms with Gasteiger partial charge in [-0.2, -0.15) is 0 Å². The van der Waals surface area contributed by atoms with Crippen LogP contribution in [0.4, 0.5) is 0 Å². The third-order valence-electron chi connectivity index (χ3n) is 3.53. The summed E-state index contributed by atoms with van der Waals surface area (Å²) >= 11 is 1.13. The maximum atomic E-state index is 12.7. The lowest BCUT2D eigenvalue weighted by Crippen LogP contribution is -2.29. The van der Waals surface area contributed by atoms with Gasteiger partial charge in [-0.15, -0.1) is 0 Å². The molecule has 0 aliphatic carbocycles. The third-order valence-corrected chi connectivity index (χ3v) is 4.50. The van der Waals surface area contributed by atoms with Crippen molar-refractivity contribution in [3.8, 4) is 0 Å². The predicted octanol–water partition coefficient (Wildman–Crippen LogP) is 1.58. The molecule has 8 heteroatoms. The van der Waals surface area contributed by atoms with Crippen LogP contribution in [-0.2, 0) is 20.9 Å². The molecular formula is C17H21N3O4S. The van der Waals surface area contributed by atoms with Gasteiger partial charge in [0.25, 0.3) is 5.56 Å². The summed E-state index contributed by atoms with van der Waals surface area (Å²) in [6.07, 6.45) is 1.91. The summed E-state index contributed by atoms with van der Waals surface area (Å²) in [7, 11) is 1.26. The van der Waals surface area contributed by atoms with Crippen molar-refractivity contribution < 1.29 is 14.3 Å². The van der Waals surface area contributed by atoms with Crippen molar-refractivity contribution in [1.82, 2.24) is 14.9 Å². The number of nitrogens with one attached hydrogen (secondary N) is 1. The van der Waals surface area contributed by atoms with Crippen molar-refractivity contribution in [3.05, 3.63) is 34.6 Å². The van der Waals surface area contributed by atoms with Gasteiger partial charge < -0.3 is 10.1 Å². The van der Waals surface area contributed by atoms with Crippen molar-refractivity contribution in [3.63, 3.8) is 0 Å². The fourth-order valence-corrected chi connectivity index (χ4v) is 3.01. The Morgan fingerprint density at radius 3 is 2.80 bits per heavy atom. The Hall–Kier alpha value is -2.35. The highest BCUT2D eigenvalue weighted by atomic mass is 32.2. The topological polar surface area (TPSA) is 90.3 Å². The summed E-state index contributed by atoms with van der Waals surface area (Å²) in [6, 6.07) is 6.90. The molecule has 0 aliphatic rings. The average Bonchev–Trinajstić information content (AvgIpc) is 2.62. The van der Waals surface area contributed by atoms with Crippen molar-refractivity contribution >= 4 is 34.5 Å². The number of aromatic nitrogens is 2. The number of para-hydroxylation sites is 1. The van der Waals surface area contributed by atoms with Gasteiger partial charge >= 0.3 is 5.97 Å². The van der Waals surface area contributed by atoms with Crippen molar-refractivity contribution in [2.45, 2.75) is 31.5 Å². The number of hydrogen-bond donors (Lipinski definition) is 1. The van der Waals surface area contributed by atoms with Crippen LogP contribution in [0.15, 0.2) is 34.2 Å². The number of rotatable bonds is 8. The van der Waals surface area contributed by atoms with Crippen LogP contribution in [0, 0.1) is 0 Å². The van der Waals surface area contributed by atoms with Crippen LogP contribution in [0.25, 0.3) is 10.9 Å². The van der Waals surface area contributed by atoms with E-state index in [4.69, 9.17) is 0 Å². The minimum absolute atomic E-state index is 0.121. The van der Waals surface area contributed by atoms with Crippen LogP contribution in [-0.4, -0.2) is 40.8 Å². The van der Waals surface area contributed by atoms with E-state index in [1.807, 2.05) is 6.92 Å². The van der Waals surface area contributed by atoms with Crippen LogP contribution in [0.2, 0.25) is 0 Å². The number of carbonyl (C=O) groups excluding carboxylic acids is 2. The lowest BCUT2D eigenvalue weighted by atomic mass is 10.2. The van der Waals surface area contributed by atoms with Crippen LogP contribution in [0.5, 0.6) is 0 Å². The van der Waals surface area contributed by atoms with Crippen LogP contribution < -0.4 is 10.9 Å². The molecule has 1 N–H and O–H groups in total. The second-order valence-corrected chi connectivity index (χ2v) is 6.31. The van der Waals surface area contributed by atoms with Gasteiger partial charge in [0.05, 0.1) is 23.8 Å². The van der Waals surface area contributed by atoms with E-state index < -0.39 is 5.97 Å². The fourth-order valence-electron chi connectivity index (χ4n) is 2.18. The van der Waals surface area contributed by atoms with E-state index in [2.05, 4.69) is 15.0 Å². The van der Waals surface area contributed by atoms with E-state index in [0.717, 1.165) is 24.6 Å². The molecule has 0 fully saturated rings. The molecule has 1 amide bonds. The minimum atomic E-state index is -0.548. The molecule has 2 rings (SSSR count). The molecule has 0 unspecified atom stereocenters. The number of benzene rings is 1. The molecule has 25 heavy (non-hydrogen) atoms. The van der Waals surface area contributed by atoms with Crippen molar-refractivity contribution in [2.75, 3.05) is 19.4 Å². The quantitative estimate of drug-likeness (QED) is 0.331. The first-order valence-corrected chi connectivity index (χ1v) is 9.01. The summed E-state index contributed by atoms with van der Waals surface area (Å²) < 4.78 is 5.90. The number of methoxy groups -OCH3 is 1. The van der Waals surface area contributed by atoms with Gasteiger partial charge in [-0.1, -0.05) is 37.2 Å². The first kappa shape index (κ1) is 19.0. The van der Waals surface area contributed by atoms with Gasteiger partial charge in [-0.25, -0.2) is 4.98 Å². The summed E-state index contributed by atoms with van der Waals surface area (Å²) in [6.45, 7) is 2.42. The predicted molar refractivity (Wildman–Crippen MR) is 96.7 cm³/mol. The average molecular weight is 363 g/mol. The van der Waals surface area contributed by atoms with Crippen molar-refractivity contribution in [1.29, 1.82) is 0 Å². The van der Waals surface area contributed by atoms with Crippen molar-refractivity contribution in [2.24, 2.45) is 0 Å². The van der Waals surface area contributed by atoms with E-state index in [0.29, 0.717) is 22.6 Å². The summed E-state index contributed by atoms with van der Waals surface area (Å²) in [5, 5.41) is 3.55. The molecule has 0 atom stereocenters. The number of esters is 1. The molecule has 0 bridgehead atoms. The molecule has 1 aromatic carbocycles. The van der Waals surface area contributed by atoms with Gasteiger partial charge in [0, 0.05) is 6.54 Å². The number of amides is 1. The van der Waals surface area contributed by atoms with E-state index >= 15 is 0 Å². The number of carbonyl (C=O) groups is 2. The summed E-state index contributed by atoms with van der Waals surface area (Å²) in [5.74, 6) is -0.561. The van der Waals surface area contributed by atoms with Gasteiger partial charge in [-0.05, 0) is 18.6 Å². The highest BCUT2D eigenvalue weighted by Gasteiger charge is 2.15. The molecule has 1 heterocycles. The lowest BCUT2D eigenvalue weighted by Gasteiger charge is -2.12. The molecule has 134 valence electrons. The second kappa shape index (κ2) is 9.22. The van der Waals surface area contributed by atoms with E-state index in [9.17, 15) is 14.4 Å². The maximum Gasteiger partial charge on any atom is 0.325 e. The third kappa shape index (κ3) is 5.06. The SMILES string of the molecule is CCCCNC(=O)CSc1nc2ccccc2c(=O)n1CC(=O)OC. The molecule has 1 aromatic heterocycles. The monoisotopic (exact) mass is 363 g/mol. The van der Waals surface area contributed by atoms with Gasteiger partial charge in [0.2, 0.25) is 5.91 Å². The minimum Gasteiger partial charge on any atom is -0.468 e. The Morgan fingerprint density at radius 1 is 1.32 bits per heavy atom. The molecule has 0 radical (unpaired) electrons. The Balaban J connectivity index is 2.26. The van der Waals surface area contributed by atoms with E-state index in [-0.39, 0.29) is 23.8 Å². The fraction of sp³-hybridized carbons (Fsp3) is 0.412. The Bertz CT molecular complexity index is 819. The zero-order chi connectivity index (χ0) is 18.2. The number of nitrogens with zero attached hydrogens (tertiary/aromatic N) is 2. The highest BCUT2D eigenvalue weighted by molar-refractivity contribution is 7.99. The normalized spacial score (nSPS) is 10.6. The molecule has 0 saturated heterocycles. The van der Waals surface area contributed by atoms with Gasteiger partial charge in [-0.3, -0.25) is 19.0 Å². The molecular weight excluding hydrogens is 342 g/mol. The molecule has 0 spiro atoms. The number of ether oxygens (including phenoxy) is 1. The van der Waals surface area contributed by atoms with Crippen LogP contribution >= 0.6 is 11.8 Å². The van der Waals surface area contributed by atoms with E-state index in [1.165, 1.54) is 11.7 Å². The highest BCUT2D eigenvalue weighted by Crippen LogP contribution is 2.17. The lowest BCUT2D eigenvalue weighted by molar-refractivity contribution is -0.141. The van der Waals surface area contributed by atoms with Gasteiger partial charge in [0.1, 0.15) is 6.54 Å². The Morgan fingerprint density at radius 2 is 2.08 bits per heavy atom. The Labute approximate surface area is 149 Å². The van der Waals surface area contributed by atoms with Crippen LogP contribution in [0.3, 0.4) is 0 Å². The van der Waals surface area contributed by atoms with Gasteiger partial charge in [0.15, 0.2) is 5.16 Å². The number of fused-ring (bicyclic) bond motifs is 1. The zero-order valence-electron chi connectivity index (χ0n) is 14.3. The molecule has 0 aliphatic heterocycles. The number of thioether (sulfide) groups is 1. The second-order valence-electron chi connectivity index (χ2n) is 5.37. The number of hydrogen-bond acceptors (Lipinski definition) is 6. The first-order chi connectivity index (χ1) is 12.1. The van der Waals surface area contributed by atoms with E-state index in [1.54, 1.807) is 24.3 Å². The standard InChI is InChI=1S/C17H21N3O4S/c1-3-4-9-18-14(21)11-25-17-19-13-8-6-5-7-12(13)16(23)20(17)10-15(22)24-2/h5-8H,3-4,9-11H2,1-2H3,(H,18,21). The summed E-state index contributed by atoms with van der Waals surface area (Å²) in [4.78, 5) is 40.6. The summed E-state index contributed by atoms with van der Waals surface area (Å²) in [5.41, 5.74) is 0.201.